The molecule has 1 N–H and O–H groups in total. The van der Waals surface area contributed by atoms with E-state index in [-0.39, 0.29) is 5.41 Å². The van der Waals surface area contributed by atoms with Crippen LogP contribution in [-0.4, -0.2) is 11.9 Å². The van der Waals surface area contributed by atoms with Crippen LogP contribution < -0.4 is 5.32 Å². The number of rotatable bonds is 5. The number of alkyl halides is 1. The van der Waals surface area contributed by atoms with Crippen molar-refractivity contribution in [1.29, 1.82) is 0 Å². The lowest BCUT2D eigenvalue weighted by Gasteiger charge is -2.31. The molecule has 1 aromatic carbocycles. The molecule has 0 saturated carbocycles. The van der Waals surface area contributed by atoms with E-state index < -0.39 is 0 Å². The molecule has 0 radical (unpaired) electrons. The van der Waals surface area contributed by atoms with Crippen molar-refractivity contribution in [1.82, 2.24) is 5.32 Å². The topological polar surface area (TPSA) is 12.0 Å². The van der Waals surface area contributed by atoms with Gasteiger partial charge in [-0.05, 0) is 29.5 Å². The van der Waals surface area contributed by atoms with Crippen molar-refractivity contribution >= 4 is 27.5 Å². The molecule has 96 valence electrons. The Labute approximate surface area is 118 Å². The highest BCUT2D eigenvalue weighted by atomic mass is 79.9. The van der Waals surface area contributed by atoms with Gasteiger partial charge in [0.25, 0.3) is 0 Å². The Balaban J connectivity index is 2.54. The predicted molar refractivity (Wildman–Crippen MR) is 79.6 cm³/mol. The first kappa shape index (κ1) is 15.0. The molecule has 0 aliphatic heterocycles. The van der Waals surface area contributed by atoms with Crippen molar-refractivity contribution in [3.05, 3.63) is 34.3 Å². The number of benzene rings is 1. The highest BCUT2D eigenvalue weighted by Crippen LogP contribution is 2.22. The summed E-state index contributed by atoms with van der Waals surface area (Å²) in [5.41, 5.74) is 1.54. The minimum Gasteiger partial charge on any atom is -0.309 e. The largest absolute Gasteiger partial charge is 0.309 e. The van der Waals surface area contributed by atoms with E-state index in [1.165, 1.54) is 5.56 Å². The van der Waals surface area contributed by atoms with Gasteiger partial charge in [-0.15, -0.1) is 11.6 Å². The lowest BCUT2D eigenvalue weighted by Crippen LogP contribution is -2.40. The van der Waals surface area contributed by atoms with Gasteiger partial charge in [0.15, 0.2) is 0 Å². The summed E-state index contributed by atoms with van der Waals surface area (Å²) in [7, 11) is 0. The zero-order chi connectivity index (χ0) is 12.9. The van der Waals surface area contributed by atoms with Crippen LogP contribution in [0, 0.1) is 5.41 Å². The van der Waals surface area contributed by atoms with Gasteiger partial charge in [-0.2, -0.15) is 0 Å². The standard InChI is InChI=1S/C14H21BrClN/c1-14(2,3)13(8-9-16)17-10-11-4-6-12(15)7-5-11/h4-7,13,17H,8-10H2,1-3H3. The summed E-state index contributed by atoms with van der Waals surface area (Å²) in [4.78, 5) is 0. The van der Waals surface area contributed by atoms with Crippen molar-refractivity contribution in [2.45, 2.75) is 39.8 Å². The summed E-state index contributed by atoms with van der Waals surface area (Å²) < 4.78 is 1.12. The molecule has 3 heteroatoms. The molecule has 0 spiro atoms. The van der Waals surface area contributed by atoms with Gasteiger partial charge in [0, 0.05) is 22.9 Å². The molecule has 17 heavy (non-hydrogen) atoms. The quantitative estimate of drug-likeness (QED) is 0.783. The molecule has 1 atom stereocenters. The van der Waals surface area contributed by atoms with Crippen LogP contribution in [0.4, 0.5) is 0 Å². The summed E-state index contributed by atoms with van der Waals surface area (Å²) >= 11 is 9.30. The van der Waals surface area contributed by atoms with E-state index in [1.54, 1.807) is 0 Å². The van der Waals surface area contributed by atoms with E-state index in [0.717, 1.165) is 17.4 Å². The Bertz CT molecular complexity index is 329. The van der Waals surface area contributed by atoms with Crippen LogP contribution in [0.2, 0.25) is 0 Å². The summed E-state index contributed by atoms with van der Waals surface area (Å²) in [5, 5.41) is 3.60. The van der Waals surface area contributed by atoms with Crippen molar-refractivity contribution in [3.8, 4) is 0 Å². The monoisotopic (exact) mass is 317 g/mol. The van der Waals surface area contributed by atoms with E-state index in [4.69, 9.17) is 11.6 Å². The molecule has 0 fully saturated rings. The second-order valence-electron chi connectivity index (χ2n) is 5.40. The fourth-order valence-electron chi connectivity index (χ4n) is 1.79. The van der Waals surface area contributed by atoms with E-state index >= 15 is 0 Å². The van der Waals surface area contributed by atoms with E-state index in [9.17, 15) is 0 Å². The fourth-order valence-corrected chi connectivity index (χ4v) is 2.28. The molecule has 1 unspecified atom stereocenters. The van der Waals surface area contributed by atoms with Crippen LogP contribution in [0.5, 0.6) is 0 Å². The first-order valence-corrected chi connectivity index (χ1v) is 7.30. The fraction of sp³-hybridized carbons (Fsp3) is 0.571. The Kier molecular flexibility index (Phi) is 5.98. The Morgan fingerprint density at radius 2 is 1.82 bits per heavy atom. The molecule has 0 aromatic heterocycles. The molecule has 1 nitrogen and oxygen atoms in total. The highest BCUT2D eigenvalue weighted by Gasteiger charge is 2.23. The van der Waals surface area contributed by atoms with Crippen LogP contribution in [0.3, 0.4) is 0 Å². The van der Waals surface area contributed by atoms with Gasteiger partial charge in [-0.25, -0.2) is 0 Å². The van der Waals surface area contributed by atoms with Gasteiger partial charge in [0.05, 0.1) is 0 Å². The molecule has 1 rings (SSSR count). The zero-order valence-corrected chi connectivity index (χ0v) is 13.1. The van der Waals surface area contributed by atoms with E-state index in [1.807, 2.05) is 0 Å². The molecule has 0 bridgehead atoms. The van der Waals surface area contributed by atoms with E-state index in [2.05, 4.69) is 66.3 Å². The number of halogens is 2. The molecule has 0 aliphatic carbocycles. The second-order valence-corrected chi connectivity index (χ2v) is 6.70. The van der Waals surface area contributed by atoms with Crippen molar-refractivity contribution in [2.24, 2.45) is 5.41 Å². The van der Waals surface area contributed by atoms with Crippen LogP contribution in [0.1, 0.15) is 32.8 Å². The lowest BCUT2D eigenvalue weighted by atomic mass is 9.85. The van der Waals surface area contributed by atoms with Crippen molar-refractivity contribution in [3.63, 3.8) is 0 Å². The molecule has 1 aromatic rings. The second kappa shape index (κ2) is 6.77. The number of nitrogens with one attached hydrogen (secondary N) is 1. The maximum atomic E-state index is 5.86. The van der Waals surface area contributed by atoms with Gasteiger partial charge in [0.2, 0.25) is 0 Å². The third-order valence-electron chi connectivity index (χ3n) is 2.91. The average molecular weight is 319 g/mol. The summed E-state index contributed by atoms with van der Waals surface area (Å²) in [6.07, 6.45) is 1.00. The Morgan fingerprint density at radius 1 is 1.24 bits per heavy atom. The van der Waals surface area contributed by atoms with Gasteiger partial charge in [-0.1, -0.05) is 48.8 Å². The Morgan fingerprint density at radius 3 is 2.29 bits per heavy atom. The Hall–Kier alpha value is -0.0500. The van der Waals surface area contributed by atoms with E-state index in [0.29, 0.717) is 11.9 Å². The molecule has 0 heterocycles. The van der Waals surface area contributed by atoms with Crippen LogP contribution in [0.15, 0.2) is 28.7 Å². The molecule has 0 aliphatic rings. The third kappa shape index (κ3) is 5.41. The van der Waals surface area contributed by atoms with Gasteiger partial charge in [0.1, 0.15) is 0 Å². The predicted octanol–water partition coefficient (Wildman–Crippen LogP) is 4.58. The molecule has 0 amide bonds. The molecular weight excluding hydrogens is 298 g/mol. The SMILES string of the molecule is CC(C)(C)C(CCCl)NCc1ccc(Br)cc1. The maximum absolute atomic E-state index is 5.86. The normalized spacial score (nSPS) is 13.7. The smallest absolute Gasteiger partial charge is 0.0238 e. The van der Waals surface area contributed by atoms with Crippen LogP contribution in [-0.2, 0) is 6.54 Å². The van der Waals surface area contributed by atoms with Crippen LogP contribution >= 0.6 is 27.5 Å². The van der Waals surface area contributed by atoms with Crippen molar-refractivity contribution < 1.29 is 0 Å². The third-order valence-corrected chi connectivity index (χ3v) is 3.66. The highest BCUT2D eigenvalue weighted by molar-refractivity contribution is 9.10. The summed E-state index contributed by atoms with van der Waals surface area (Å²) in [6.45, 7) is 7.64. The van der Waals surface area contributed by atoms with Crippen molar-refractivity contribution in [2.75, 3.05) is 5.88 Å². The summed E-state index contributed by atoms with van der Waals surface area (Å²) in [5.74, 6) is 0.704. The summed E-state index contributed by atoms with van der Waals surface area (Å²) in [6, 6.07) is 8.87. The number of hydrogen-bond acceptors (Lipinski definition) is 1. The van der Waals surface area contributed by atoms with Gasteiger partial charge in [-0.3, -0.25) is 0 Å². The maximum Gasteiger partial charge on any atom is 0.0238 e. The lowest BCUT2D eigenvalue weighted by molar-refractivity contribution is 0.260. The van der Waals surface area contributed by atoms with Gasteiger partial charge < -0.3 is 5.32 Å². The van der Waals surface area contributed by atoms with Gasteiger partial charge >= 0.3 is 0 Å². The zero-order valence-electron chi connectivity index (χ0n) is 10.8. The minimum atomic E-state index is 0.240. The molecular formula is C14H21BrClN. The molecule has 0 saturated heterocycles. The first-order valence-electron chi connectivity index (χ1n) is 5.97. The minimum absolute atomic E-state index is 0.240. The first-order chi connectivity index (χ1) is 7.93. The van der Waals surface area contributed by atoms with Crippen LogP contribution in [0.25, 0.3) is 0 Å². The number of hydrogen-bond donors (Lipinski definition) is 1. The average Bonchev–Trinajstić information content (AvgIpc) is 2.25.